The molecule has 20 heavy (non-hydrogen) atoms. The van der Waals surface area contributed by atoms with Crippen LogP contribution in [0.4, 0.5) is 5.95 Å². The normalized spacial score (nSPS) is 16.1. The average Bonchev–Trinajstić information content (AvgIpc) is 3.02. The fourth-order valence-corrected chi connectivity index (χ4v) is 1.94. The first-order valence-electron chi connectivity index (χ1n) is 6.53. The van der Waals surface area contributed by atoms with Gasteiger partial charge in [-0.3, -0.25) is 0 Å². The third-order valence-electron chi connectivity index (χ3n) is 2.98. The average molecular weight is 276 g/mol. The lowest BCUT2D eigenvalue weighted by Gasteiger charge is -2.22. The van der Waals surface area contributed by atoms with Gasteiger partial charge in [0.05, 0.1) is 13.2 Å². The van der Waals surface area contributed by atoms with E-state index < -0.39 is 0 Å². The lowest BCUT2D eigenvalue weighted by molar-refractivity contribution is 0.0216. The molecule has 0 spiro atoms. The van der Waals surface area contributed by atoms with E-state index in [1.54, 1.807) is 24.1 Å². The van der Waals surface area contributed by atoms with E-state index >= 15 is 0 Å². The van der Waals surface area contributed by atoms with Crippen molar-refractivity contribution in [1.82, 2.24) is 24.7 Å². The molecular formula is C12H16N6O2. The van der Waals surface area contributed by atoms with Crippen LogP contribution < -0.4 is 10.1 Å². The number of rotatable bonds is 4. The quantitative estimate of drug-likeness (QED) is 0.877. The molecule has 1 aliphatic heterocycles. The summed E-state index contributed by atoms with van der Waals surface area (Å²) in [5, 5.41) is 7.01. The largest absolute Gasteiger partial charge is 0.460 e. The first-order valence-corrected chi connectivity index (χ1v) is 6.53. The Labute approximate surface area is 116 Å². The summed E-state index contributed by atoms with van der Waals surface area (Å²) in [5.74, 6) is 0.879. The predicted octanol–water partition coefficient (Wildman–Crippen LogP) is 0.657. The summed E-state index contributed by atoms with van der Waals surface area (Å²) < 4.78 is 12.7. The molecular weight excluding hydrogens is 260 g/mol. The molecule has 2 aromatic heterocycles. The SMILES string of the molecule is CNc1nc(OC2CCOCC2)nc(-n2cccn2)n1. The van der Waals surface area contributed by atoms with Gasteiger partial charge in [-0.25, -0.2) is 4.68 Å². The zero-order valence-corrected chi connectivity index (χ0v) is 11.2. The van der Waals surface area contributed by atoms with E-state index in [9.17, 15) is 0 Å². The van der Waals surface area contributed by atoms with Gasteiger partial charge in [0.25, 0.3) is 5.95 Å². The van der Waals surface area contributed by atoms with Crippen molar-refractivity contribution in [2.75, 3.05) is 25.6 Å². The number of anilines is 1. The first-order chi connectivity index (χ1) is 9.85. The molecule has 0 saturated carbocycles. The van der Waals surface area contributed by atoms with E-state index in [-0.39, 0.29) is 6.10 Å². The molecule has 1 aliphatic rings. The van der Waals surface area contributed by atoms with Gasteiger partial charge in [0, 0.05) is 32.3 Å². The van der Waals surface area contributed by atoms with Gasteiger partial charge in [-0.1, -0.05) is 0 Å². The van der Waals surface area contributed by atoms with Crippen molar-refractivity contribution in [3.63, 3.8) is 0 Å². The highest BCUT2D eigenvalue weighted by atomic mass is 16.5. The maximum Gasteiger partial charge on any atom is 0.323 e. The molecule has 2 aromatic rings. The van der Waals surface area contributed by atoms with Gasteiger partial charge in [-0.05, 0) is 6.07 Å². The Morgan fingerprint density at radius 2 is 2.15 bits per heavy atom. The van der Waals surface area contributed by atoms with Gasteiger partial charge in [0.1, 0.15) is 6.10 Å². The second-order valence-electron chi connectivity index (χ2n) is 4.37. The van der Waals surface area contributed by atoms with Crippen LogP contribution in [-0.4, -0.2) is 51.1 Å². The van der Waals surface area contributed by atoms with E-state index in [2.05, 4.69) is 25.4 Å². The Bertz CT molecular complexity index is 553. The zero-order chi connectivity index (χ0) is 13.8. The second kappa shape index (κ2) is 5.83. The molecule has 8 nitrogen and oxygen atoms in total. The van der Waals surface area contributed by atoms with Crippen LogP contribution in [0.3, 0.4) is 0 Å². The monoisotopic (exact) mass is 276 g/mol. The van der Waals surface area contributed by atoms with Gasteiger partial charge in [-0.2, -0.15) is 20.1 Å². The Morgan fingerprint density at radius 3 is 2.85 bits per heavy atom. The van der Waals surface area contributed by atoms with E-state index in [0.717, 1.165) is 12.8 Å². The summed E-state index contributed by atoms with van der Waals surface area (Å²) in [6.45, 7) is 1.42. The molecule has 0 bridgehead atoms. The van der Waals surface area contributed by atoms with Crippen molar-refractivity contribution in [2.45, 2.75) is 18.9 Å². The lowest BCUT2D eigenvalue weighted by Crippen LogP contribution is -2.27. The molecule has 1 N–H and O–H groups in total. The van der Waals surface area contributed by atoms with Gasteiger partial charge in [0.2, 0.25) is 5.95 Å². The minimum atomic E-state index is 0.0846. The van der Waals surface area contributed by atoms with Gasteiger partial charge >= 0.3 is 6.01 Å². The number of hydrogen-bond acceptors (Lipinski definition) is 7. The highest BCUT2D eigenvalue weighted by Gasteiger charge is 2.18. The topological polar surface area (TPSA) is 87.0 Å². The van der Waals surface area contributed by atoms with Crippen LogP contribution in [0.15, 0.2) is 18.5 Å². The van der Waals surface area contributed by atoms with Crippen LogP contribution in [0.2, 0.25) is 0 Å². The second-order valence-corrected chi connectivity index (χ2v) is 4.37. The Kier molecular flexibility index (Phi) is 3.73. The van der Waals surface area contributed by atoms with E-state index in [0.29, 0.717) is 31.1 Å². The van der Waals surface area contributed by atoms with Crippen molar-refractivity contribution in [3.05, 3.63) is 18.5 Å². The summed E-state index contributed by atoms with van der Waals surface area (Å²) in [5.41, 5.74) is 0. The molecule has 0 amide bonds. The van der Waals surface area contributed by atoms with Crippen LogP contribution in [0.5, 0.6) is 6.01 Å². The molecule has 0 atom stereocenters. The molecule has 0 unspecified atom stereocenters. The number of hydrogen-bond donors (Lipinski definition) is 1. The third kappa shape index (κ3) is 2.85. The summed E-state index contributed by atoms with van der Waals surface area (Å²) in [6.07, 6.45) is 5.21. The maximum absolute atomic E-state index is 5.81. The molecule has 1 saturated heterocycles. The fraction of sp³-hybridized carbons (Fsp3) is 0.500. The van der Waals surface area contributed by atoms with Gasteiger partial charge in [0.15, 0.2) is 0 Å². The Hall–Kier alpha value is -2.22. The minimum absolute atomic E-state index is 0.0846. The molecule has 106 valence electrons. The summed E-state index contributed by atoms with van der Waals surface area (Å²) in [6, 6.07) is 2.11. The number of ether oxygens (including phenoxy) is 2. The summed E-state index contributed by atoms with van der Waals surface area (Å²) in [4.78, 5) is 12.8. The number of aromatic nitrogens is 5. The standard InChI is InChI=1S/C12H16N6O2/c1-13-10-15-11(18-6-2-5-14-18)17-12(16-10)20-9-3-7-19-8-4-9/h2,5-6,9H,3-4,7-8H2,1H3,(H,13,15,16,17). The van der Waals surface area contributed by atoms with Crippen molar-refractivity contribution in [1.29, 1.82) is 0 Å². The van der Waals surface area contributed by atoms with E-state index in [1.165, 1.54) is 0 Å². The molecule has 3 heterocycles. The molecule has 0 aromatic carbocycles. The third-order valence-corrected chi connectivity index (χ3v) is 2.98. The molecule has 0 aliphatic carbocycles. The highest BCUT2D eigenvalue weighted by molar-refractivity contribution is 5.29. The minimum Gasteiger partial charge on any atom is -0.460 e. The van der Waals surface area contributed by atoms with E-state index in [1.807, 2.05) is 6.07 Å². The van der Waals surface area contributed by atoms with Crippen LogP contribution in [-0.2, 0) is 4.74 Å². The molecule has 0 radical (unpaired) electrons. The van der Waals surface area contributed by atoms with E-state index in [4.69, 9.17) is 9.47 Å². The summed E-state index contributed by atoms with van der Waals surface area (Å²) in [7, 11) is 1.75. The van der Waals surface area contributed by atoms with Crippen LogP contribution >= 0.6 is 0 Å². The first kappa shape index (κ1) is 12.8. The smallest absolute Gasteiger partial charge is 0.323 e. The predicted molar refractivity (Wildman–Crippen MR) is 71.0 cm³/mol. The molecule has 1 fully saturated rings. The highest BCUT2D eigenvalue weighted by Crippen LogP contribution is 2.16. The van der Waals surface area contributed by atoms with Gasteiger partial charge in [-0.15, -0.1) is 0 Å². The fourth-order valence-electron chi connectivity index (χ4n) is 1.94. The number of nitrogens with zero attached hydrogens (tertiary/aromatic N) is 5. The molecule has 8 heteroatoms. The van der Waals surface area contributed by atoms with Crippen molar-refractivity contribution in [2.24, 2.45) is 0 Å². The lowest BCUT2D eigenvalue weighted by atomic mass is 10.2. The van der Waals surface area contributed by atoms with Crippen LogP contribution in [0, 0.1) is 0 Å². The molecule has 3 rings (SSSR count). The van der Waals surface area contributed by atoms with Gasteiger partial charge < -0.3 is 14.8 Å². The van der Waals surface area contributed by atoms with Crippen molar-refractivity contribution < 1.29 is 9.47 Å². The zero-order valence-electron chi connectivity index (χ0n) is 11.2. The number of nitrogens with one attached hydrogen (secondary N) is 1. The Balaban J connectivity index is 1.84. The summed E-state index contributed by atoms with van der Waals surface area (Å²) >= 11 is 0. The van der Waals surface area contributed by atoms with Crippen molar-refractivity contribution in [3.8, 4) is 12.0 Å². The Morgan fingerprint density at radius 1 is 1.30 bits per heavy atom. The maximum atomic E-state index is 5.81. The van der Waals surface area contributed by atoms with Crippen molar-refractivity contribution >= 4 is 5.95 Å². The van der Waals surface area contributed by atoms with Crippen LogP contribution in [0.25, 0.3) is 5.95 Å². The van der Waals surface area contributed by atoms with Crippen LogP contribution in [0.1, 0.15) is 12.8 Å².